The van der Waals surface area contributed by atoms with Crippen LogP contribution >= 0.6 is 0 Å². The monoisotopic (exact) mass is 254 g/mol. The first-order valence-electron chi connectivity index (χ1n) is 7.72. The van der Waals surface area contributed by atoms with Crippen molar-refractivity contribution < 1.29 is 4.74 Å². The van der Waals surface area contributed by atoms with Crippen molar-refractivity contribution in [2.24, 2.45) is 17.6 Å². The first-order valence-corrected chi connectivity index (χ1v) is 7.72. The van der Waals surface area contributed by atoms with Crippen molar-refractivity contribution >= 4 is 0 Å². The van der Waals surface area contributed by atoms with Crippen LogP contribution in [-0.4, -0.2) is 43.8 Å². The zero-order valence-corrected chi connectivity index (χ0v) is 12.1. The van der Waals surface area contributed by atoms with E-state index < -0.39 is 0 Å². The van der Waals surface area contributed by atoms with E-state index >= 15 is 0 Å². The molecule has 2 fully saturated rings. The van der Waals surface area contributed by atoms with Crippen molar-refractivity contribution in [3.8, 4) is 0 Å². The molecule has 1 aliphatic heterocycles. The van der Waals surface area contributed by atoms with E-state index in [1.807, 2.05) is 0 Å². The van der Waals surface area contributed by atoms with Crippen molar-refractivity contribution in [3.05, 3.63) is 0 Å². The Kier molecular flexibility index (Phi) is 5.46. The predicted molar refractivity (Wildman–Crippen MR) is 75.6 cm³/mol. The normalized spacial score (nSPS) is 35.7. The highest BCUT2D eigenvalue weighted by Gasteiger charge is 2.31. The summed E-state index contributed by atoms with van der Waals surface area (Å²) < 4.78 is 5.64. The van der Waals surface area contributed by atoms with Gasteiger partial charge in [-0.05, 0) is 44.6 Å². The summed E-state index contributed by atoms with van der Waals surface area (Å²) >= 11 is 0. The topological polar surface area (TPSA) is 38.5 Å². The fourth-order valence-corrected chi connectivity index (χ4v) is 3.80. The van der Waals surface area contributed by atoms with Gasteiger partial charge in [-0.3, -0.25) is 4.90 Å². The highest BCUT2D eigenvalue weighted by Crippen LogP contribution is 2.30. The molecule has 1 saturated heterocycles. The molecule has 0 bridgehead atoms. The molecule has 106 valence electrons. The van der Waals surface area contributed by atoms with E-state index in [-0.39, 0.29) is 0 Å². The summed E-state index contributed by atoms with van der Waals surface area (Å²) in [6.07, 6.45) is 7.98. The maximum absolute atomic E-state index is 6.05. The van der Waals surface area contributed by atoms with Gasteiger partial charge in [-0.25, -0.2) is 0 Å². The zero-order chi connectivity index (χ0) is 13.0. The Bertz CT molecular complexity index is 241. The van der Waals surface area contributed by atoms with Crippen LogP contribution in [0.25, 0.3) is 0 Å². The van der Waals surface area contributed by atoms with Gasteiger partial charge in [-0.15, -0.1) is 0 Å². The van der Waals surface area contributed by atoms with Crippen LogP contribution in [0.1, 0.15) is 45.4 Å². The molecular weight excluding hydrogens is 224 g/mol. The second-order valence-electron chi connectivity index (χ2n) is 6.37. The van der Waals surface area contributed by atoms with Gasteiger partial charge in [0.15, 0.2) is 0 Å². The maximum atomic E-state index is 6.05. The molecule has 1 heterocycles. The lowest BCUT2D eigenvalue weighted by Crippen LogP contribution is -2.51. The van der Waals surface area contributed by atoms with Crippen molar-refractivity contribution in [1.29, 1.82) is 0 Å². The summed E-state index contributed by atoms with van der Waals surface area (Å²) in [5, 5.41) is 0. The van der Waals surface area contributed by atoms with Gasteiger partial charge in [0.25, 0.3) is 0 Å². The van der Waals surface area contributed by atoms with E-state index in [0.717, 1.165) is 31.7 Å². The molecule has 2 rings (SSSR count). The van der Waals surface area contributed by atoms with Crippen molar-refractivity contribution in [2.45, 2.75) is 57.5 Å². The van der Waals surface area contributed by atoms with Gasteiger partial charge in [0.05, 0.1) is 6.61 Å². The van der Waals surface area contributed by atoms with Gasteiger partial charge in [0, 0.05) is 25.2 Å². The summed E-state index contributed by atoms with van der Waals surface area (Å²) in [6, 6.07) is 1.25. The maximum Gasteiger partial charge on any atom is 0.0509 e. The largest absolute Gasteiger partial charge is 0.381 e. The molecule has 0 aromatic rings. The van der Waals surface area contributed by atoms with Crippen molar-refractivity contribution in [3.63, 3.8) is 0 Å². The Morgan fingerprint density at radius 1 is 1.28 bits per heavy atom. The van der Waals surface area contributed by atoms with Crippen LogP contribution < -0.4 is 5.73 Å². The number of likely N-dealkylation sites (N-methyl/N-ethyl adjacent to an activating group) is 1. The lowest BCUT2D eigenvalue weighted by atomic mass is 9.84. The third-order valence-electron chi connectivity index (χ3n) is 4.99. The third kappa shape index (κ3) is 3.46. The molecule has 0 aromatic carbocycles. The minimum atomic E-state index is 0.514. The molecule has 2 aliphatic rings. The average molecular weight is 254 g/mol. The van der Waals surface area contributed by atoms with E-state index in [0.29, 0.717) is 12.0 Å². The molecule has 1 aliphatic carbocycles. The molecule has 3 heteroatoms. The molecule has 1 saturated carbocycles. The SMILES string of the molecule is CC1CCCC(N(C)C(CN)C2CCCOC2)C1. The van der Waals surface area contributed by atoms with Crippen LogP contribution in [0.2, 0.25) is 0 Å². The summed E-state index contributed by atoms with van der Waals surface area (Å²) in [7, 11) is 2.29. The smallest absolute Gasteiger partial charge is 0.0509 e. The van der Waals surface area contributed by atoms with E-state index in [4.69, 9.17) is 10.5 Å². The van der Waals surface area contributed by atoms with Gasteiger partial charge in [0.2, 0.25) is 0 Å². The summed E-state index contributed by atoms with van der Waals surface area (Å²) in [5.41, 5.74) is 6.05. The third-order valence-corrected chi connectivity index (χ3v) is 4.99. The number of hydrogen-bond acceptors (Lipinski definition) is 3. The summed E-state index contributed by atoms with van der Waals surface area (Å²) in [4.78, 5) is 2.58. The van der Waals surface area contributed by atoms with Crippen LogP contribution in [0.4, 0.5) is 0 Å². The van der Waals surface area contributed by atoms with Gasteiger partial charge in [-0.2, -0.15) is 0 Å². The Balaban J connectivity index is 1.93. The van der Waals surface area contributed by atoms with Gasteiger partial charge < -0.3 is 10.5 Å². The minimum absolute atomic E-state index is 0.514. The van der Waals surface area contributed by atoms with Crippen LogP contribution in [0, 0.1) is 11.8 Å². The molecule has 4 atom stereocenters. The quantitative estimate of drug-likeness (QED) is 0.836. The van der Waals surface area contributed by atoms with Gasteiger partial charge in [0.1, 0.15) is 0 Å². The average Bonchev–Trinajstić information content (AvgIpc) is 2.41. The zero-order valence-electron chi connectivity index (χ0n) is 12.1. The highest BCUT2D eigenvalue weighted by molar-refractivity contribution is 4.86. The number of nitrogens with zero attached hydrogens (tertiary/aromatic N) is 1. The van der Waals surface area contributed by atoms with Crippen molar-refractivity contribution in [2.75, 3.05) is 26.8 Å². The molecule has 18 heavy (non-hydrogen) atoms. The second kappa shape index (κ2) is 6.88. The molecule has 3 nitrogen and oxygen atoms in total. The standard InChI is InChI=1S/C15H30N2O/c1-12-5-3-7-14(9-12)17(2)15(10-16)13-6-4-8-18-11-13/h12-15H,3-11,16H2,1-2H3. The number of rotatable bonds is 4. The molecule has 4 unspecified atom stereocenters. The Labute approximate surface area is 112 Å². The fourth-order valence-electron chi connectivity index (χ4n) is 3.80. The number of hydrogen-bond donors (Lipinski definition) is 1. The molecule has 0 spiro atoms. The van der Waals surface area contributed by atoms with Gasteiger partial charge in [-0.1, -0.05) is 19.8 Å². The lowest BCUT2D eigenvalue weighted by Gasteiger charge is -2.42. The van der Waals surface area contributed by atoms with Crippen molar-refractivity contribution in [1.82, 2.24) is 4.90 Å². The van der Waals surface area contributed by atoms with Crippen LogP contribution in [0.5, 0.6) is 0 Å². The predicted octanol–water partition coefficient (Wildman–Crippen LogP) is 2.25. The van der Waals surface area contributed by atoms with E-state index in [1.54, 1.807) is 0 Å². The Morgan fingerprint density at radius 3 is 2.72 bits per heavy atom. The summed E-state index contributed by atoms with van der Waals surface area (Å²) in [5.74, 6) is 1.53. The molecule has 0 amide bonds. The van der Waals surface area contributed by atoms with E-state index in [9.17, 15) is 0 Å². The second-order valence-corrected chi connectivity index (χ2v) is 6.37. The Morgan fingerprint density at radius 2 is 2.11 bits per heavy atom. The molecule has 2 N–H and O–H groups in total. The Hall–Kier alpha value is -0.120. The molecule has 0 radical (unpaired) electrons. The minimum Gasteiger partial charge on any atom is -0.381 e. The van der Waals surface area contributed by atoms with Crippen LogP contribution in [0.3, 0.4) is 0 Å². The van der Waals surface area contributed by atoms with E-state index in [1.165, 1.54) is 38.5 Å². The van der Waals surface area contributed by atoms with E-state index in [2.05, 4.69) is 18.9 Å². The fraction of sp³-hybridized carbons (Fsp3) is 1.00. The van der Waals surface area contributed by atoms with Crippen LogP contribution in [0.15, 0.2) is 0 Å². The summed E-state index contributed by atoms with van der Waals surface area (Å²) in [6.45, 7) is 5.02. The highest BCUT2D eigenvalue weighted by atomic mass is 16.5. The lowest BCUT2D eigenvalue weighted by molar-refractivity contribution is 0.000279. The molecule has 0 aromatic heterocycles. The number of ether oxygens (including phenoxy) is 1. The number of nitrogens with two attached hydrogens (primary N) is 1. The van der Waals surface area contributed by atoms with Crippen LogP contribution in [-0.2, 0) is 4.74 Å². The van der Waals surface area contributed by atoms with Gasteiger partial charge >= 0.3 is 0 Å². The molecular formula is C15H30N2O. The first-order chi connectivity index (χ1) is 8.72. The first kappa shape index (κ1) is 14.3.